The molecule has 0 amide bonds. The summed E-state index contributed by atoms with van der Waals surface area (Å²) in [7, 11) is 0. The summed E-state index contributed by atoms with van der Waals surface area (Å²) in [4.78, 5) is 10.4. The number of thiophene rings is 1. The largest absolute Gasteiger partial charge is 0.438 e. The number of hydrogen-bond acceptors (Lipinski definition) is 6. The Labute approximate surface area is 125 Å². The first kappa shape index (κ1) is 13.3. The van der Waals surface area contributed by atoms with E-state index in [1.54, 1.807) is 35.6 Å². The summed E-state index contributed by atoms with van der Waals surface area (Å²) in [5.74, 6) is 1.15. The third-order valence-corrected chi connectivity index (χ3v) is 4.13. The predicted molar refractivity (Wildman–Crippen MR) is 82.4 cm³/mol. The van der Waals surface area contributed by atoms with E-state index in [-0.39, 0.29) is 5.95 Å². The third-order valence-electron chi connectivity index (χ3n) is 2.95. The van der Waals surface area contributed by atoms with Crippen LogP contribution in [0.5, 0.6) is 11.6 Å². The van der Waals surface area contributed by atoms with Crippen molar-refractivity contribution in [3.05, 3.63) is 40.8 Å². The van der Waals surface area contributed by atoms with Gasteiger partial charge in [-0.2, -0.15) is 10.2 Å². The molecule has 3 rings (SSSR count). The summed E-state index contributed by atoms with van der Waals surface area (Å²) < 4.78 is 5.80. The van der Waals surface area contributed by atoms with Crippen molar-refractivity contribution in [3.63, 3.8) is 0 Å². The quantitative estimate of drug-likeness (QED) is 0.799. The fourth-order valence-electron chi connectivity index (χ4n) is 1.95. The molecule has 0 saturated heterocycles. The van der Waals surface area contributed by atoms with Gasteiger partial charge in [0.1, 0.15) is 10.6 Å². The van der Waals surface area contributed by atoms with Crippen LogP contribution in [0.25, 0.3) is 10.2 Å². The molecule has 6 heteroatoms. The van der Waals surface area contributed by atoms with Crippen LogP contribution in [0, 0.1) is 11.3 Å². The minimum absolute atomic E-state index is 0.179. The summed E-state index contributed by atoms with van der Waals surface area (Å²) in [6, 6.07) is 11.0. The molecule has 0 saturated carbocycles. The van der Waals surface area contributed by atoms with Crippen molar-refractivity contribution >= 4 is 27.5 Å². The van der Waals surface area contributed by atoms with Gasteiger partial charge < -0.3 is 10.5 Å². The Morgan fingerprint density at radius 2 is 2.19 bits per heavy atom. The van der Waals surface area contributed by atoms with E-state index >= 15 is 0 Å². The molecular weight excluding hydrogens is 284 g/mol. The van der Waals surface area contributed by atoms with Gasteiger partial charge in [0.05, 0.1) is 17.0 Å². The molecule has 5 nitrogen and oxygen atoms in total. The van der Waals surface area contributed by atoms with E-state index in [1.807, 2.05) is 6.07 Å². The molecule has 0 aliphatic heterocycles. The molecule has 0 aliphatic carbocycles. The molecule has 0 bridgehead atoms. The van der Waals surface area contributed by atoms with Crippen LogP contribution in [-0.4, -0.2) is 9.97 Å². The monoisotopic (exact) mass is 296 g/mol. The number of anilines is 1. The first-order valence-electron chi connectivity index (χ1n) is 6.43. The predicted octanol–water partition coefficient (Wildman–Crippen LogP) is 3.50. The van der Waals surface area contributed by atoms with Crippen LogP contribution in [0.1, 0.15) is 17.4 Å². The van der Waals surface area contributed by atoms with Crippen molar-refractivity contribution < 1.29 is 4.74 Å². The topological polar surface area (TPSA) is 84.8 Å². The average Bonchev–Trinajstić information content (AvgIpc) is 2.90. The Bertz CT molecular complexity index is 850. The second kappa shape index (κ2) is 5.38. The third kappa shape index (κ3) is 2.64. The first-order chi connectivity index (χ1) is 10.2. The lowest BCUT2D eigenvalue weighted by atomic mass is 10.2. The Morgan fingerprint density at radius 3 is 2.95 bits per heavy atom. The normalized spacial score (nSPS) is 10.5. The van der Waals surface area contributed by atoms with Crippen molar-refractivity contribution in [2.45, 2.75) is 13.3 Å². The number of nitriles is 1. The molecule has 3 aromatic rings. The zero-order valence-corrected chi connectivity index (χ0v) is 12.1. The molecule has 1 aromatic carbocycles. The Balaban J connectivity index is 2.07. The van der Waals surface area contributed by atoms with Crippen molar-refractivity contribution in [2.75, 3.05) is 5.73 Å². The maximum atomic E-state index is 8.93. The van der Waals surface area contributed by atoms with Gasteiger partial charge in [-0.05, 0) is 30.7 Å². The molecule has 104 valence electrons. The van der Waals surface area contributed by atoms with E-state index in [1.165, 1.54) is 4.88 Å². The number of benzene rings is 1. The van der Waals surface area contributed by atoms with Crippen LogP contribution in [-0.2, 0) is 6.42 Å². The zero-order chi connectivity index (χ0) is 14.8. The lowest BCUT2D eigenvalue weighted by molar-refractivity contribution is 0.469. The maximum absolute atomic E-state index is 8.93. The second-order valence-electron chi connectivity index (χ2n) is 4.41. The van der Waals surface area contributed by atoms with Gasteiger partial charge in [-0.15, -0.1) is 11.3 Å². The summed E-state index contributed by atoms with van der Waals surface area (Å²) in [6.07, 6.45) is 0.921. The van der Waals surface area contributed by atoms with Crippen LogP contribution in [0.2, 0.25) is 0 Å². The lowest BCUT2D eigenvalue weighted by Gasteiger charge is -2.06. The minimum Gasteiger partial charge on any atom is -0.438 e. The van der Waals surface area contributed by atoms with E-state index in [4.69, 9.17) is 15.7 Å². The average molecular weight is 296 g/mol. The Morgan fingerprint density at radius 1 is 1.33 bits per heavy atom. The van der Waals surface area contributed by atoms with E-state index < -0.39 is 0 Å². The van der Waals surface area contributed by atoms with Gasteiger partial charge in [0, 0.05) is 4.88 Å². The molecule has 0 atom stereocenters. The standard InChI is InChI=1S/C15H12N4OS/c1-2-11-7-12-13(18-15(17)19-14(12)21-11)20-10-5-3-4-9(6-10)8-16/h3-7H,2H2,1H3,(H2,17,18,19). The maximum Gasteiger partial charge on any atom is 0.232 e. The van der Waals surface area contributed by atoms with Crippen molar-refractivity contribution in [3.8, 4) is 17.7 Å². The molecule has 0 spiro atoms. The number of nitrogen functional groups attached to an aromatic ring is 1. The summed E-state index contributed by atoms with van der Waals surface area (Å²) in [5.41, 5.74) is 6.27. The van der Waals surface area contributed by atoms with Gasteiger partial charge in [-0.1, -0.05) is 13.0 Å². The lowest BCUT2D eigenvalue weighted by Crippen LogP contribution is -1.97. The van der Waals surface area contributed by atoms with Gasteiger partial charge in [0.15, 0.2) is 0 Å². The summed E-state index contributed by atoms with van der Waals surface area (Å²) in [5, 5.41) is 9.77. The number of aryl methyl sites for hydroxylation is 1. The minimum atomic E-state index is 0.179. The van der Waals surface area contributed by atoms with E-state index in [9.17, 15) is 0 Å². The smallest absolute Gasteiger partial charge is 0.232 e. The molecule has 0 fully saturated rings. The van der Waals surface area contributed by atoms with E-state index in [0.717, 1.165) is 16.6 Å². The molecular formula is C15H12N4OS. The van der Waals surface area contributed by atoms with Gasteiger partial charge in [-0.25, -0.2) is 4.98 Å². The molecule has 2 N–H and O–H groups in total. The van der Waals surface area contributed by atoms with Crippen LogP contribution >= 0.6 is 11.3 Å². The van der Waals surface area contributed by atoms with Gasteiger partial charge in [-0.3, -0.25) is 0 Å². The summed E-state index contributed by atoms with van der Waals surface area (Å²) in [6.45, 7) is 2.08. The molecule has 0 radical (unpaired) electrons. The van der Waals surface area contributed by atoms with E-state index in [0.29, 0.717) is 17.2 Å². The number of hydrogen-bond donors (Lipinski definition) is 1. The second-order valence-corrected chi connectivity index (χ2v) is 5.53. The number of rotatable bonds is 3. The Kier molecular flexibility index (Phi) is 3.42. The van der Waals surface area contributed by atoms with Gasteiger partial charge >= 0.3 is 0 Å². The van der Waals surface area contributed by atoms with Crippen LogP contribution < -0.4 is 10.5 Å². The fraction of sp³-hybridized carbons (Fsp3) is 0.133. The fourth-order valence-corrected chi connectivity index (χ4v) is 2.92. The van der Waals surface area contributed by atoms with Crippen molar-refractivity contribution in [1.82, 2.24) is 9.97 Å². The highest BCUT2D eigenvalue weighted by Gasteiger charge is 2.12. The number of nitrogens with two attached hydrogens (primary N) is 1. The zero-order valence-electron chi connectivity index (χ0n) is 11.3. The van der Waals surface area contributed by atoms with Crippen LogP contribution in [0.3, 0.4) is 0 Å². The highest BCUT2D eigenvalue weighted by molar-refractivity contribution is 7.18. The molecule has 2 heterocycles. The summed E-state index contributed by atoms with van der Waals surface area (Å²) >= 11 is 1.58. The van der Waals surface area contributed by atoms with Gasteiger partial charge in [0.2, 0.25) is 11.8 Å². The van der Waals surface area contributed by atoms with E-state index in [2.05, 4.69) is 23.0 Å². The molecule has 21 heavy (non-hydrogen) atoms. The molecule has 0 aliphatic rings. The van der Waals surface area contributed by atoms with Gasteiger partial charge in [0.25, 0.3) is 0 Å². The SMILES string of the molecule is CCc1cc2c(Oc3cccc(C#N)c3)nc(N)nc2s1. The van der Waals surface area contributed by atoms with Crippen molar-refractivity contribution in [2.24, 2.45) is 0 Å². The van der Waals surface area contributed by atoms with Crippen LogP contribution in [0.4, 0.5) is 5.95 Å². The highest BCUT2D eigenvalue weighted by atomic mass is 32.1. The number of ether oxygens (including phenoxy) is 1. The number of aromatic nitrogens is 2. The molecule has 2 aromatic heterocycles. The highest BCUT2D eigenvalue weighted by Crippen LogP contribution is 2.33. The van der Waals surface area contributed by atoms with Crippen molar-refractivity contribution in [1.29, 1.82) is 5.26 Å². The molecule has 0 unspecified atom stereocenters. The Hall–Kier alpha value is -2.65. The number of fused-ring (bicyclic) bond motifs is 1. The first-order valence-corrected chi connectivity index (χ1v) is 7.25. The van der Waals surface area contributed by atoms with Crippen LogP contribution in [0.15, 0.2) is 30.3 Å². The number of nitrogens with zero attached hydrogens (tertiary/aromatic N) is 3.